The van der Waals surface area contributed by atoms with Crippen LogP contribution in [0.2, 0.25) is 0 Å². The van der Waals surface area contributed by atoms with Gasteiger partial charge >= 0.3 is 0 Å². The molecule has 2 heterocycles. The van der Waals surface area contributed by atoms with Gasteiger partial charge in [-0.05, 0) is 64.5 Å². The Hall–Kier alpha value is -1.10. The summed E-state index contributed by atoms with van der Waals surface area (Å²) in [6.45, 7) is 8.30. The smallest absolute Gasteiger partial charge is 0.245 e. The number of nitrogens with one attached hydrogen (secondary N) is 1. The van der Waals surface area contributed by atoms with Crippen molar-refractivity contribution in [2.45, 2.75) is 52.0 Å². The number of likely N-dealkylation sites (tertiary alicyclic amines) is 1. The van der Waals surface area contributed by atoms with Crippen molar-refractivity contribution in [2.24, 2.45) is 11.3 Å². The van der Waals surface area contributed by atoms with Gasteiger partial charge in [-0.1, -0.05) is 0 Å². The third-order valence-electron chi connectivity index (χ3n) is 5.98. The molecule has 1 N–H and O–H groups in total. The minimum atomic E-state index is -0.202. The number of hydrogen-bond acceptors (Lipinski definition) is 3. The Morgan fingerprint density at radius 3 is 2.55 bits per heavy atom. The van der Waals surface area contributed by atoms with Crippen molar-refractivity contribution >= 4 is 11.8 Å². The lowest BCUT2D eigenvalue weighted by Crippen LogP contribution is -2.48. The van der Waals surface area contributed by atoms with E-state index in [1.54, 1.807) is 0 Å². The third kappa shape index (κ3) is 2.64. The van der Waals surface area contributed by atoms with Gasteiger partial charge in [0.15, 0.2) is 0 Å². The van der Waals surface area contributed by atoms with Crippen LogP contribution in [-0.4, -0.2) is 60.4 Å². The van der Waals surface area contributed by atoms with Gasteiger partial charge in [-0.25, -0.2) is 0 Å². The summed E-state index contributed by atoms with van der Waals surface area (Å²) in [7, 11) is 0. The Morgan fingerprint density at radius 2 is 1.91 bits per heavy atom. The molecule has 124 valence electrons. The molecule has 0 aromatic rings. The molecule has 3 rings (SSSR count). The Morgan fingerprint density at radius 1 is 1.23 bits per heavy atom. The van der Waals surface area contributed by atoms with E-state index in [9.17, 15) is 9.59 Å². The monoisotopic (exact) mass is 307 g/mol. The van der Waals surface area contributed by atoms with Crippen molar-refractivity contribution < 1.29 is 9.59 Å². The van der Waals surface area contributed by atoms with E-state index in [-0.39, 0.29) is 29.2 Å². The first kappa shape index (κ1) is 15.8. The quantitative estimate of drug-likeness (QED) is 0.850. The molecule has 2 unspecified atom stereocenters. The summed E-state index contributed by atoms with van der Waals surface area (Å²) < 4.78 is 0. The number of carbonyl (C=O) groups excluding carboxylic acids is 2. The van der Waals surface area contributed by atoms with E-state index >= 15 is 0 Å². The van der Waals surface area contributed by atoms with E-state index < -0.39 is 0 Å². The molecule has 0 radical (unpaired) electrons. The van der Waals surface area contributed by atoms with E-state index in [0.29, 0.717) is 0 Å². The summed E-state index contributed by atoms with van der Waals surface area (Å²) in [6.07, 6.45) is 5.07. The molecule has 5 nitrogen and oxygen atoms in total. The molecule has 1 spiro atoms. The maximum absolute atomic E-state index is 12.9. The molecule has 2 amide bonds. The lowest BCUT2D eigenvalue weighted by molar-refractivity contribution is -0.144. The maximum Gasteiger partial charge on any atom is 0.245 e. The van der Waals surface area contributed by atoms with E-state index in [1.807, 2.05) is 23.6 Å². The maximum atomic E-state index is 12.9. The first-order chi connectivity index (χ1) is 10.6. The summed E-state index contributed by atoms with van der Waals surface area (Å²) in [4.78, 5) is 29.4. The highest BCUT2D eigenvalue weighted by molar-refractivity contribution is 5.90. The Balaban J connectivity index is 1.66. The first-order valence-corrected chi connectivity index (χ1v) is 8.93. The van der Waals surface area contributed by atoms with Crippen LogP contribution in [0.1, 0.15) is 46.0 Å². The van der Waals surface area contributed by atoms with Crippen LogP contribution < -0.4 is 5.32 Å². The molecule has 1 saturated carbocycles. The van der Waals surface area contributed by atoms with Crippen molar-refractivity contribution in [3.8, 4) is 0 Å². The fraction of sp³-hybridized carbons (Fsp3) is 0.882. The number of likely N-dealkylation sites (N-methyl/N-ethyl adjacent to an activating group) is 1. The third-order valence-corrected chi connectivity index (χ3v) is 5.98. The fourth-order valence-electron chi connectivity index (χ4n) is 4.41. The van der Waals surface area contributed by atoms with Crippen LogP contribution in [0.15, 0.2) is 0 Å². The van der Waals surface area contributed by atoms with Crippen LogP contribution in [-0.2, 0) is 9.59 Å². The van der Waals surface area contributed by atoms with Gasteiger partial charge in [-0.2, -0.15) is 0 Å². The zero-order valence-corrected chi connectivity index (χ0v) is 13.9. The molecule has 1 aliphatic carbocycles. The van der Waals surface area contributed by atoms with Gasteiger partial charge in [0, 0.05) is 25.6 Å². The van der Waals surface area contributed by atoms with Gasteiger partial charge in [0.05, 0.1) is 0 Å². The van der Waals surface area contributed by atoms with Crippen LogP contribution >= 0.6 is 0 Å². The van der Waals surface area contributed by atoms with Crippen LogP contribution in [0.3, 0.4) is 0 Å². The second-order valence-corrected chi connectivity index (χ2v) is 7.07. The van der Waals surface area contributed by atoms with Gasteiger partial charge in [-0.15, -0.1) is 0 Å². The summed E-state index contributed by atoms with van der Waals surface area (Å²) in [5.41, 5.74) is 0.258. The van der Waals surface area contributed by atoms with Crippen molar-refractivity contribution in [1.29, 1.82) is 0 Å². The number of piperidine rings is 1. The summed E-state index contributed by atoms with van der Waals surface area (Å²) in [5, 5.41) is 3.38. The van der Waals surface area contributed by atoms with Crippen molar-refractivity contribution in [3.05, 3.63) is 0 Å². The fourth-order valence-corrected chi connectivity index (χ4v) is 4.41. The topological polar surface area (TPSA) is 52.7 Å². The molecule has 0 aromatic heterocycles. The molecule has 2 saturated heterocycles. The molecule has 0 aromatic carbocycles. The lowest BCUT2D eigenvalue weighted by atomic mass is 9.91. The SMILES string of the molecule is CCN(CC)C(=O)C1CCCN1C(=O)C1CC12CCNCC2. The van der Waals surface area contributed by atoms with E-state index in [2.05, 4.69) is 5.32 Å². The highest BCUT2D eigenvalue weighted by Gasteiger charge is 2.59. The first-order valence-electron chi connectivity index (χ1n) is 8.93. The second-order valence-electron chi connectivity index (χ2n) is 7.07. The Labute approximate surface area is 133 Å². The predicted octanol–water partition coefficient (Wildman–Crippen LogP) is 1.24. The molecular weight excluding hydrogens is 278 g/mol. The molecule has 22 heavy (non-hydrogen) atoms. The number of amides is 2. The molecular formula is C17H29N3O2. The second kappa shape index (κ2) is 6.19. The largest absolute Gasteiger partial charge is 0.341 e. The van der Waals surface area contributed by atoms with Gasteiger partial charge in [0.25, 0.3) is 0 Å². The molecule has 2 aliphatic heterocycles. The minimum Gasteiger partial charge on any atom is -0.341 e. The van der Waals surface area contributed by atoms with Crippen LogP contribution in [0.25, 0.3) is 0 Å². The van der Waals surface area contributed by atoms with Crippen LogP contribution in [0, 0.1) is 11.3 Å². The van der Waals surface area contributed by atoms with Crippen molar-refractivity contribution in [2.75, 3.05) is 32.7 Å². The highest BCUT2D eigenvalue weighted by Crippen LogP contribution is 2.59. The van der Waals surface area contributed by atoms with Crippen molar-refractivity contribution in [3.63, 3.8) is 0 Å². The number of carbonyl (C=O) groups is 2. The highest BCUT2D eigenvalue weighted by atomic mass is 16.2. The zero-order chi connectivity index (χ0) is 15.7. The minimum absolute atomic E-state index is 0.149. The van der Waals surface area contributed by atoms with Gasteiger partial charge in [0.1, 0.15) is 6.04 Å². The Bertz CT molecular complexity index is 441. The number of hydrogen-bond donors (Lipinski definition) is 1. The van der Waals surface area contributed by atoms with Crippen LogP contribution in [0.4, 0.5) is 0 Å². The van der Waals surface area contributed by atoms with Crippen molar-refractivity contribution in [1.82, 2.24) is 15.1 Å². The standard InChI is InChI=1S/C17H29N3O2/c1-3-19(4-2)16(22)14-6-5-11-20(14)15(21)13-12-17(13)7-9-18-10-8-17/h13-14,18H,3-12H2,1-2H3. The summed E-state index contributed by atoms with van der Waals surface area (Å²) >= 11 is 0. The molecule has 0 bridgehead atoms. The normalized spacial score (nSPS) is 29.6. The van der Waals surface area contributed by atoms with Gasteiger partial charge < -0.3 is 15.1 Å². The zero-order valence-electron chi connectivity index (χ0n) is 13.9. The Kier molecular flexibility index (Phi) is 4.44. The average Bonchev–Trinajstić information content (AvgIpc) is 3.01. The number of rotatable bonds is 4. The summed E-state index contributed by atoms with van der Waals surface area (Å²) in [6, 6.07) is -0.202. The van der Waals surface area contributed by atoms with E-state index in [1.165, 1.54) is 0 Å². The molecule has 5 heteroatoms. The summed E-state index contributed by atoms with van der Waals surface area (Å²) in [5.74, 6) is 0.584. The predicted molar refractivity (Wildman–Crippen MR) is 85.3 cm³/mol. The average molecular weight is 307 g/mol. The number of nitrogens with zero attached hydrogens (tertiary/aromatic N) is 2. The molecule has 2 atom stereocenters. The van der Waals surface area contributed by atoms with E-state index in [4.69, 9.17) is 0 Å². The lowest BCUT2D eigenvalue weighted by Gasteiger charge is -2.30. The molecule has 3 fully saturated rings. The molecule has 3 aliphatic rings. The van der Waals surface area contributed by atoms with Gasteiger partial charge in [0.2, 0.25) is 11.8 Å². The van der Waals surface area contributed by atoms with E-state index in [0.717, 1.165) is 64.8 Å². The van der Waals surface area contributed by atoms with Crippen LogP contribution in [0.5, 0.6) is 0 Å². The van der Waals surface area contributed by atoms with Gasteiger partial charge in [-0.3, -0.25) is 9.59 Å².